The summed E-state index contributed by atoms with van der Waals surface area (Å²) in [4.78, 5) is 19.8. The number of carbonyl (C=O) groups is 1. The summed E-state index contributed by atoms with van der Waals surface area (Å²) in [6, 6.07) is 0. The molecule has 0 unspecified atom stereocenters. The minimum atomic E-state index is -0.538. The molecule has 7 heteroatoms. The summed E-state index contributed by atoms with van der Waals surface area (Å²) in [5.41, 5.74) is -0.536. The van der Waals surface area contributed by atoms with Gasteiger partial charge < -0.3 is 4.74 Å². The monoisotopic (exact) mass is 319 g/mol. The van der Waals surface area contributed by atoms with Gasteiger partial charge in [0.25, 0.3) is 0 Å². The second-order valence-corrected chi connectivity index (χ2v) is 5.81. The normalized spacial score (nSPS) is 11.1. The standard InChI is InChI=1S/C10H14BrN3O2S/c1-10(2,3)16-9(15)14-7-6(11)5-12-8(13-7)17-4/h5H,1-4H3,(H,12,13,14,15). The summed E-state index contributed by atoms with van der Waals surface area (Å²) in [6.07, 6.45) is 2.91. The molecular weight excluding hydrogens is 306 g/mol. The number of amides is 1. The highest BCUT2D eigenvalue weighted by atomic mass is 79.9. The Hall–Kier alpha value is -0.820. The maximum atomic E-state index is 11.6. The molecule has 0 aromatic carbocycles. The fourth-order valence-electron chi connectivity index (χ4n) is 0.937. The molecule has 5 nitrogen and oxygen atoms in total. The summed E-state index contributed by atoms with van der Waals surface area (Å²) in [5.74, 6) is 0.401. The molecule has 1 N–H and O–H groups in total. The van der Waals surface area contributed by atoms with Gasteiger partial charge in [0.2, 0.25) is 0 Å². The minimum Gasteiger partial charge on any atom is -0.444 e. The molecule has 0 bridgehead atoms. The number of ether oxygens (including phenoxy) is 1. The molecule has 0 fully saturated rings. The Morgan fingerprint density at radius 2 is 2.18 bits per heavy atom. The minimum absolute atomic E-state index is 0.401. The van der Waals surface area contributed by atoms with E-state index in [4.69, 9.17) is 4.74 Å². The van der Waals surface area contributed by atoms with E-state index in [0.717, 1.165) is 0 Å². The lowest BCUT2D eigenvalue weighted by Crippen LogP contribution is -2.27. The third-order valence-corrected chi connectivity index (χ3v) is 2.67. The summed E-state index contributed by atoms with van der Waals surface area (Å²) < 4.78 is 5.74. The van der Waals surface area contributed by atoms with Crippen LogP contribution in [0.1, 0.15) is 20.8 Å². The van der Waals surface area contributed by atoms with Gasteiger partial charge in [-0.2, -0.15) is 0 Å². The molecule has 1 heterocycles. The Balaban J connectivity index is 2.77. The molecule has 94 valence electrons. The van der Waals surface area contributed by atoms with E-state index < -0.39 is 11.7 Å². The van der Waals surface area contributed by atoms with Gasteiger partial charge in [0.05, 0.1) is 4.47 Å². The van der Waals surface area contributed by atoms with Crippen molar-refractivity contribution in [2.75, 3.05) is 11.6 Å². The van der Waals surface area contributed by atoms with E-state index >= 15 is 0 Å². The number of hydrogen-bond donors (Lipinski definition) is 1. The van der Waals surface area contributed by atoms with E-state index in [9.17, 15) is 4.79 Å². The zero-order chi connectivity index (χ0) is 13.1. The average Bonchev–Trinajstić information content (AvgIpc) is 2.18. The first-order valence-corrected chi connectivity index (χ1v) is 6.90. The molecule has 0 saturated carbocycles. The number of nitrogens with one attached hydrogen (secondary N) is 1. The fraction of sp³-hybridized carbons (Fsp3) is 0.500. The average molecular weight is 320 g/mol. The van der Waals surface area contributed by atoms with E-state index in [1.54, 1.807) is 27.0 Å². The second-order valence-electron chi connectivity index (χ2n) is 4.18. The Morgan fingerprint density at radius 3 is 2.71 bits per heavy atom. The predicted molar refractivity (Wildman–Crippen MR) is 71.4 cm³/mol. The van der Waals surface area contributed by atoms with Crippen LogP contribution in [0, 0.1) is 0 Å². The summed E-state index contributed by atoms with van der Waals surface area (Å²) in [5, 5.41) is 3.15. The van der Waals surface area contributed by atoms with Gasteiger partial charge in [-0.1, -0.05) is 11.8 Å². The Kier molecular flexibility index (Phi) is 4.76. The van der Waals surface area contributed by atoms with Crippen LogP contribution in [0.3, 0.4) is 0 Å². The SMILES string of the molecule is CSc1ncc(Br)c(NC(=O)OC(C)(C)C)n1. The number of rotatable bonds is 2. The third kappa shape index (κ3) is 4.91. The predicted octanol–water partition coefficient (Wildman–Crippen LogP) is 3.31. The van der Waals surface area contributed by atoms with Crippen molar-refractivity contribution in [1.29, 1.82) is 0 Å². The lowest BCUT2D eigenvalue weighted by atomic mass is 10.2. The van der Waals surface area contributed by atoms with Crippen molar-refractivity contribution in [3.63, 3.8) is 0 Å². The first kappa shape index (κ1) is 14.2. The van der Waals surface area contributed by atoms with E-state index in [1.165, 1.54) is 11.8 Å². The topological polar surface area (TPSA) is 64.1 Å². The quantitative estimate of drug-likeness (QED) is 0.669. The van der Waals surface area contributed by atoms with Crippen molar-refractivity contribution < 1.29 is 9.53 Å². The number of thioether (sulfide) groups is 1. The van der Waals surface area contributed by atoms with Crippen LogP contribution in [0.15, 0.2) is 15.8 Å². The highest BCUT2D eigenvalue weighted by molar-refractivity contribution is 9.10. The van der Waals surface area contributed by atoms with Crippen LogP contribution in [0.25, 0.3) is 0 Å². The Bertz CT molecular complexity index is 421. The van der Waals surface area contributed by atoms with Crippen LogP contribution in [-0.4, -0.2) is 27.9 Å². The highest BCUT2D eigenvalue weighted by Crippen LogP contribution is 2.22. The van der Waals surface area contributed by atoms with Gasteiger partial charge in [-0.3, -0.25) is 5.32 Å². The third-order valence-electron chi connectivity index (χ3n) is 1.52. The smallest absolute Gasteiger partial charge is 0.413 e. The molecule has 1 amide bonds. The lowest BCUT2D eigenvalue weighted by molar-refractivity contribution is 0.0635. The summed E-state index contributed by atoms with van der Waals surface area (Å²) in [6.45, 7) is 5.40. The highest BCUT2D eigenvalue weighted by Gasteiger charge is 2.17. The summed E-state index contributed by atoms with van der Waals surface area (Å²) >= 11 is 4.66. The number of anilines is 1. The molecule has 0 aliphatic rings. The van der Waals surface area contributed by atoms with Crippen LogP contribution < -0.4 is 5.32 Å². The van der Waals surface area contributed by atoms with Gasteiger partial charge >= 0.3 is 6.09 Å². The van der Waals surface area contributed by atoms with Gasteiger partial charge in [-0.05, 0) is 43.0 Å². The molecule has 0 aliphatic carbocycles. The number of hydrogen-bond acceptors (Lipinski definition) is 5. The first-order chi connectivity index (χ1) is 7.81. The van der Waals surface area contributed by atoms with Crippen molar-refractivity contribution in [1.82, 2.24) is 9.97 Å². The van der Waals surface area contributed by atoms with E-state index in [2.05, 4.69) is 31.2 Å². The van der Waals surface area contributed by atoms with E-state index in [1.807, 2.05) is 6.26 Å². The van der Waals surface area contributed by atoms with Gasteiger partial charge in [0.15, 0.2) is 11.0 Å². The van der Waals surface area contributed by atoms with Crippen molar-refractivity contribution in [3.8, 4) is 0 Å². The van der Waals surface area contributed by atoms with Crippen LogP contribution in [0.5, 0.6) is 0 Å². The molecule has 0 spiro atoms. The van der Waals surface area contributed by atoms with Crippen molar-refractivity contribution in [2.45, 2.75) is 31.5 Å². The van der Waals surface area contributed by atoms with E-state index in [-0.39, 0.29) is 0 Å². The number of aromatic nitrogens is 2. The van der Waals surface area contributed by atoms with Crippen LogP contribution in [-0.2, 0) is 4.74 Å². The molecule has 1 aromatic heterocycles. The maximum absolute atomic E-state index is 11.6. The van der Waals surface area contributed by atoms with Crippen molar-refractivity contribution in [3.05, 3.63) is 10.7 Å². The lowest BCUT2D eigenvalue weighted by Gasteiger charge is -2.19. The van der Waals surface area contributed by atoms with Crippen LogP contribution in [0.2, 0.25) is 0 Å². The molecule has 0 radical (unpaired) electrons. The molecule has 0 atom stereocenters. The molecule has 0 saturated heterocycles. The number of nitrogens with zero attached hydrogens (tertiary/aromatic N) is 2. The largest absolute Gasteiger partial charge is 0.444 e. The van der Waals surface area contributed by atoms with E-state index in [0.29, 0.717) is 15.4 Å². The van der Waals surface area contributed by atoms with Crippen LogP contribution >= 0.6 is 27.7 Å². The van der Waals surface area contributed by atoms with Gasteiger partial charge in [-0.25, -0.2) is 14.8 Å². The first-order valence-electron chi connectivity index (χ1n) is 4.88. The fourth-order valence-corrected chi connectivity index (χ4v) is 1.57. The van der Waals surface area contributed by atoms with Gasteiger partial charge in [0, 0.05) is 6.20 Å². The zero-order valence-electron chi connectivity index (χ0n) is 10.1. The molecule has 1 aromatic rings. The number of halogens is 1. The van der Waals surface area contributed by atoms with Gasteiger partial charge in [0.1, 0.15) is 5.60 Å². The Labute approximate surface area is 113 Å². The molecule has 0 aliphatic heterocycles. The summed E-state index contributed by atoms with van der Waals surface area (Å²) in [7, 11) is 0. The second kappa shape index (κ2) is 5.68. The molecule has 17 heavy (non-hydrogen) atoms. The van der Waals surface area contributed by atoms with Crippen molar-refractivity contribution >= 4 is 39.6 Å². The zero-order valence-corrected chi connectivity index (χ0v) is 12.5. The molecular formula is C10H14BrN3O2S. The molecule has 1 rings (SSSR count). The van der Waals surface area contributed by atoms with Crippen LogP contribution in [0.4, 0.5) is 10.6 Å². The Morgan fingerprint density at radius 1 is 1.53 bits per heavy atom. The van der Waals surface area contributed by atoms with Crippen molar-refractivity contribution in [2.24, 2.45) is 0 Å². The maximum Gasteiger partial charge on any atom is 0.413 e. The van der Waals surface area contributed by atoms with Gasteiger partial charge in [-0.15, -0.1) is 0 Å². The number of carbonyl (C=O) groups excluding carboxylic acids is 1.